The molecule has 0 aliphatic carbocycles. The summed E-state index contributed by atoms with van der Waals surface area (Å²) >= 11 is 0. The molecule has 11 heteroatoms. The number of methoxy groups -OCH3 is 1. The number of benzene rings is 1. The van der Waals surface area contributed by atoms with Crippen molar-refractivity contribution in [2.75, 3.05) is 46.5 Å². The summed E-state index contributed by atoms with van der Waals surface area (Å²) in [6.45, 7) is 6.24. The van der Waals surface area contributed by atoms with Crippen LogP contribution in [0.4, 0.5) is 0 Å². The molecule has 33 heavy (non-hydrogen) atoms. The van der Waals surface area contributed by atoms with Crippen LogP contribution in [0.25, 0.3) is 0 Å². The quantitative estimate of drug-likeness (QED) is 0.621. The van der Waals surface area contributed by atoms with Crippen LogP contribution in [0.5, 0.6) is 5.75 Å². The molecule has 3 heterocycles. The number of carbonyl (C=O) groups excluding carboxylic acids is 1. The number of ether oxygens (including phenoxy) is 2. The second kappa shape index (κ2) is 9.78. The molecule has 10 nitrogen and oxygen atoms in total. The first kappa shape index (κ1) is 23.7. The van der Waals surface area contributed by atoms with Gasteiger partial charge >= 0.3 is 0 Å². The number of rotatable bonds is 6. The maximum absolute atomic E-state index is 13.5. The molecule has 2 aliphatic heterocycles. The van der Waals surface area contributed by atoms with Crippen LogP contribution in [0, 0.1) is 0 Å². The third-order valence-electron chi connectivity index (χ3n) is 6.03. The molecule has 1 amide bonds. The Morgan fingerprint density at radius 2 is 1.97 bits per heavy atom. The van der Waals surface area contributed by atoms with Crippen LogP contribution < -0.4 is 4.74 Å². The predicted octanol–water partition coefficient (Wildman–Crippen LogP) is 2.24. The van der Waals surface area contributed by atoms with Crippen molar-refractivity contribution in [1.29, 1.82) is 0 Å². The molecule has 1 aromatic carbocycles. The van der Waals surface area contributed by atoms with Crippen LogP contribution in [0.1, 0.15) is 60.6 Å². The molecule has 0 saturated carbocycles. The van der Waals surface area contributed by atoms with Crippen LogP contribution in [0.3, 0.4) is 0 Å². The Kier molecular flexibility index (Phi) is 7.01. The smallest absolute Gasteiger partial charge is 0.257 e. The van der Waals surface area contributed by atoms with Crippen LogP contribution in [-0.2, 0) is 14.8 Å². The molecular formula is C22H30N4O6S. The number of aromatic nitrogens is 2. The van der Waals surface area contributed by atoms with E-state index in [4.69, 9.17) is 14.0 Å². The zero-order chi connectivity index (χ0) is 23.6. The highest BCUT2D eigenvalue weighted by atomic mass is 32.2. The van der Waals surface area contributed by atoms with Gasteiger partial charge in [-0.15, -0.1) is 0 Å². The number of morpholine rings is 1. The zero-order valence-electron chi connectivity index (χ0n) is 19.2. The minimum atomic E-state index is -3.74. The Labute approximate surface area is 193 Å². The number of carbonyl (C=O) groups is 1. The Morgan fingerprint density at radius 3 is 2.64 bits per heavy atom. The SMILES string of the molecule is COc1ccc(S(=O)(=O)N2CCOCC2)cc1C(=O)N1CCC[C@H](c2noc(C(C)C)n2)C1. The van der Waals surface area contributed by atoms with Crippen molar-refractivity contribution in [3.8, 4) is 5.75 Å². The number of piperidine rings is 1. The van der Waals surface area contributed by atoms with Crippen molar-refractivity contribution in [2.24, 2.45) is 0 Å². The Balaban J connectivity index is 1.58. The maximum atomic E-state index is 13.5. The second-order valence-corrected chi connectivity index (χ2v) is 10.6. The Bertz CT molecular complexity index is 1090. The minimum Gasteiger partial charge on any atom is -0.496 e. The molecule has 2 fully saturated rings. The molecule has 180 valence electrons. The fourth-order valence-electron chi connectivity index (χ4n) is 4.14. The summed E-state index contributed by atoms with van der Waals surface area (Å²) in [7, 11) is -2.27. The molecule has 0 spiro atoms. The van der Waals surface area contributed by atoms with E-state index in [2.05, 4.69) is 10.1 Å². The van der Waals surface area contributed by atoms with Gasteiger partial charge < -0.3 is 18.9 Å². The summed E-state index contributed by atoms with van der Waals surface area (Å²) in [6.07, 6.45) is 1.64. The molecule has 0 bridgehead atoms. The maximum Gasteiger partial charge on any atom is 0.257 e. The summed E-state index contributed by atoms with van der Waals surface area (Å²) in [5, 5.41) is 4.12. The first-order valence-electron chi connectivity index (χ1n) is 11.2. The van der Waals surface area contributed by atoms with E-state index >= 15 is 0 Å². The number of hydrogen-bond donors (Lipinski definition) is 0. The van der Waals surface area contributed by atoms with Crippen LogP contribution in [0.2, 0.25) is 0 Å². The van der Waals surface area contributed by atoms with Crippen LogP contribution in [0.15, 0.2) is 27.6 Å². The average molecular weight is 479 g/mol. The van der Waals surface area contributed by atoms with Gasteiger partial charge in [-0.2, -0.15) is 9.29 Å². The molecule has 2 aliphatic rings. The number of sulfonamides is 1. The monoisotopic (exact) mass is 478 g/mol. The van der Waals surface area contributed by atoms with Gasteiger partial charge in [-0.25, -0.2) is 8.42 Å². The van der Waals surface area contributed by atoms with E-state index in [-0.39, 0.29) is 41.3 Å². The summed E-state index contributed by atoms with van der Waals surface area (Å²) in [5.41, 5.74) is 0.225. The van der Waals surface area contributed by atoms with Gasteiger partial charge in [-0.1, -0.05) is 19.0 Å². The normalized spacial score (nSPS) is 20.2. The molecule has 0 N–H and O–H groups in total. The van der Waals surface area contributed by atoms with Gasteiger partial charge in [0.15, 0.2) is 5.82 Å². The van der Waals surface area contributed by atoms with Crippen LogP contribution >= 0.6 is 0 Å². The molecule has 1 aromatic heterocycles. The molecule has 2 aromatic rings. The molecule has 2 saturated heterocycles. The number of amides is 1. The van der Waals surface area contributed by atoms with E-state index in [0.29, 0.717) is 43.8 Å². The van der Waals surface area contributed by atoms with Gasteiger partial charge in [-0.3, -0.25) is 4.79 Å². The van der Waals surface area contributed by atoms with E-state index in [1.165, 1.54) is 29.6 Å². The van der Waals surface area contributed by atoms with Crippen molar-refractivity contribution in [3.05, 3.63) is 35.5 Å². The van der Waals surface area contributed by atoms with Crippen LogP contribution in [-0.4, -0.2) is 80.2 Å². The molecular weight excluding hydrogens is 448 g/mol. The largest absolute Gasteiger partial charge is 0.496 e. The minimum absolute atomic E-state index is 0.0368. The number of likely N-dealkylation sites (tertiary alicyclic amines) is 1. The highest BCUT2D eigenvalue weighted by Gasteiger charge is 2.32. The van der Waals surface area contributed by atoms with Gasteiger partial charge in [-0.05, 0) is 31.0 Å². The highest BCUT2D eigenvalue weighted by Crippen LogP contribution is 2.30. The van der Waals surface area contributed by atoms with Gasteiger partial charge in [0.2, 0.25) is 15.9 Å². The summed E-state index contributed by atoms with van der Waals surface area (Å²) in [4.78, 5) is 19.8. The summed E-state index contributed by atoms with van der Waals surface area (Å²) in [5.74, 6) is 1.34. The third kappa shape index (κ3) is 4.90. The van der Waals surface area contributed by atoms with Gasteiger partial charge in [0.25, 0.3) is 5.91 Å². The standard InChI is InChI=1S/C22H30N4O6S/c1-15(2)21-23-20(24-32-21)16-5-4-8-25(14-16)22(27)18-13-17(6-7-19(18)30-3)33(28,29)26-9-11-31-12-10-26/h6-7,13,15-16H,4-5,8-12,14H2,1-3H3/t16-/m0/s1. The topological polar surface area (TPSA) is 115 Å². The molecule has 4 rings (SSSR count). The summed E-state index contributed by atoms with van der Waals surface area (Å²) < 4.78 is 43.6. The molecule has 0 radical (unpaired) electrons. The molecule has 1 atom stereocenters. The van der Waals surface area contributed by atoms with E-state index in [1.54, 1.807) is 4.90 Å². The van der Waals surface area contributed by atoms with Gasteiger partial charge in [0.1, 0.15) is 5.75 Å². The fourth-order valence-corrected chi connectivity index (χ4v) is 5.58. The first-order chi connectivity index (χ1) is 15.8. The van der Waals surface area contributed by atoms with Crippen molar-refractivity contribution in [1.82, 2.24) is 19.3 Å². The first-order valence-corrected chi connectivity index (χ1v) is 12.6. The summed E-state index contributed by atoms with van der Waals surface area (Å²) in [6, 6.07) is 4.43. The molecule has 0 unspecified atom stereocenters. The lowest BCUT2D eigenvalue weighted by Gasteiger charge is -2.32. The van der Waals surface area contributed by atoms with Crippen molar-refractivity contribution >= 4 is 15.9 Å². The average Bonchev–Trinajstić information content (AvgIpc) is 3.35. The van der Waals surface area contributed by atoms with Crippen molar-refractivity contribution in [2.45, 2.75) is 43.4 Å². The van der Waals surface area contributed by atoms with Gasteiger partial charge in [0, 0.05) is 38.0 Å². The highest BCUT2D eigenvalue weighted by molar-refractivity contribution is 7.89. The Hall–Kier alpha value is -2.50. The lowest BCUT2D eigenvalue weighted by Crippen LogP contribution is -2.41. The number of nitrogens with zero attached hydrogens (tertiary/aromatic N) is 4. The third-order valence-corrected chi connectivity index (χ3v) is 7.93. The fraction of sp³-hybridized carbons (Fsp3) is 0.591. The van der Waals surface area contributed by atoms with Gasteiger partial charge in [0.05, 0.1) is 30.8 Å². The van der Waals surface area contributed by atoms with Crippen molar-refractivity contribution in [3.63, 3.8) is 0 Å². The predicted molar refractivity (Wildman–Crippen MR) is 119 cm³/mol. The Morgan fingerprint density at radius 1 is 1.21 bits per heavy atom. The lowest BCUT2D eigenvalue weighted by atomic mass is 9.96. The van der Waals surface area contributed by atoms with E-state index < -0.39 is 10.0 Å². The van der Waals surface area contributed by atoms with Crippen molar-refractivity contribution < 1.29 is 27.2 Å². The lowest BCUT2D eigenvalue weighted by molar-refractivity contribution is 0.0699. The van der Waals surface area contributed by atoms with E-state index in [0.717, 1.165) is 12.8 Å². The van der Waals surface area contributed by atoms with E-state index in [1.807, 2.05) is 13.8 Å². The number of hydrogen-bond acceptors (Lipinski definition) is 8. The zero-order valence-corrected chi connectivity index (χ0v) is 20.0. The second-order valence-electron chi connectivity index (χ2n) is 8.61. The van der Waals surface area contributed by atoms with E-state index in [9.17, 15) is 13.2 Å².